The monoisotopic (exact) mass is 773 g/mol. The summed E-state index contributed by atoms with van der Waals surface area (Å²) in [5, 5.41) is 8.23. The van der Waals surface area contributed by atoms with E-state index in [1.165, 1.54) is 0 Å². The Balaban J connectivity index is 1.16. The SMILES string of the molecule is Cc1cc(OCCCc2c3n(c4c(-c5c(C)nn(C)c5C)c(Cl)ccc24)C(C)CN(c2cn(C)c4ccc(-c5cn6c(n5)CCC6)cc24)C3=O)cc(C)c1Cl. The van der Waals surface area contributed by atoms with E-state index in [1.807, 2.05) is 62.6 Å². The Hall–Kier alpha value is -4.99. The summed E-state index contributed by atoms with van der Waals surface area (Å²) < 4.78 is 14.8. The summed E-state index contributed by atoms with van der Waals surface area (Å²) in [6.45, 7) is 12.3. The lowest BCUT2D eigenvalue weighted by atomic mass is 9.98. The number of hydrogen-bond acceptors (Lipinski definition) is 4. The van der Waals surface area contributed by atoms with Crippen molar-refractivity contribution in [1.29, 1.82) is 0 Å². The number of halogens is 2. The summed E-state index contributed by atoms with van der Waals surface area (Å²) in [5.74, 6) is 1.92. The van der Waals surface area contributed by atoms with Crippen molar-refractivity contribution in [2.45, 2.75) is 72.9 Å². The van der Waals surface area contributed by atoms with Gasteiger partial charge in [-0.05, 0) is 101 Å². The molecule has 0 saturated carbocycles. The topological polar surface area (TPSA) is 75.0 Å². The highest BCUT2D eigenvalue weighted by Crippen LogP contribution is 2.46. The number of aryl methyl sites for hydroxylation is 8. The molecule has 2 aliphatic heterocycles. The fraction of sp³-hybridized carbons (Fsp3) is 0.341. The Morgan fingerprint density at radius 2 is 1.73 bits per heavy atom. The number of rotatable bonds is 8. The molecule has 0 radical (unpaired) electrons. The van der Waals surface area contributed by atoms with Crippen molar-refractivity contribution in [2.75, 3.05) is 18.1 Å². The molecule has 6 heterocycles. The Morgan fingerprint density at radius 1 is 0.945 bits per heavy atom. The van der Waals surface area contributed by atoms with Crippen molar-refractivity contribution in [1.82, 2.24) is 28.5 Å². The van der Waals surface area contributed by atoms with Gasteiger partial charge in [-0.3, -0.25) is 9.48 Å². The van der Waals surface area contributed by atoms with E-state index in [4.69, 9.17) is 38.0 Å². The van der Waals surface area contributed by atoms with Crippen LogP contribution in [0.1, 0.15) is 70.2 Å². The average Bonchev–Trinajstić information content (AvgIpc) is 3.96. The van der Waals surface area contributed by atoms with Gasteiger partial charge >= 0.3 is 0 Å². The second-order valence-electron chi connectivity index (χ2n) is 15.5. The number of ether oxygens (including phenoxy) is 1. The Bertz CT molecular complexity index is 2670. The lowest BCUT2D eigenvalue weighted by molar-refractivity contribution is 0.0957. The maximum absolute atomic E-state index is 15.3. The smallest absolute Gasteiger partial charge is 0.275 e. The maximum atomic E-state index is 15.3. The molecule has 1 unspecified atom stereocenters. The number of hydrogen-bond donors (Lipinski definition) is 0. The molecular formula is C44H45Cl2N7O2. The third kappa shape index (κ3) is 5.69. The van der Waals surface area contributed by atoms with Crippen LogP contribution in [0.4, 0.5) is 5.69 Å². The van der Waals surface area contributed by atoms with E-state index in [2.05, 4.69) is 64.2 Å². The number of amides is 1. The van der Waals surface area contributed by atoms with Crippen LogP contribution in [0.5, 0.6) is 5.75 Å². The van der Waals surface area contributed by atoms with Gasteiger partial charge in [0.25, 0.3) is 5.91 Å². The van der Waals surface area contributed by atoms with E-state index in [1.54, 1.807) is 0 Å². The largest absolute Gasteiger partial charge is 0.494 e. The summed E-state index contributed by atoms with van der Waals surface area (Å²) >= 11 is 13.6. The third-order valence-electron chi connectivity index (χ3n) is 11.8. The third-order valence-corrected chi connectivity index (χ3v) is 12.7. The number of anilines is 1. The van der Waals surface area contributed by atoms with Crippen molar-refractivity contribution in [3.05, 3.63) is 105 Å². The first kappa shape index (κ1) is 35.7. The molecule has 3 aromatic carbocycles. The first-order chi connectivity index (χ1) is 26.4. The summed E-state index contributed by atoms with van der Waals surface area (Å²) in [7, 11) is 4.01. The predicted molar refractivity (Wildman–Crippen MR) is 222 cm³/mol. The van der Waals surface area contributed by atoms with Gasteiger partial charge in [-0.1, -0.05) is 35.3 Å². The fourth-order valence-corrected chi connectivity index (χ4v) is 9.43. The van der Waals surface area contributed by atoms with E-state index >= 15 is 4.79 Å². The van der Waals surface area contributed by atoms with Gasteiger partial charge in [0.1, 0.15) is 17.3 Å². The number of aromatic nitrogens is 6. The van der Waals surface area contributed by atoms with Crippen LogP contribution in [0.3, 0.4) is 0 Å². The van der Waals surface area contributed by atoms with Crippen LogP contribution in [0, 0.1) is 27.7 Å². The molecule has 55 heavy (non-hydrogen) atoms. The minimum absolute atomic E-state index is 0.0188. The number of carbonyl (C=O) groups excluding carboxylic acids is 1. The highest BCUT2D eigenvalue weighted by atomic mass is 35.5. The lowest BCUT2D eigenvalue weighted by Gasteiger charge is -2.34. The number of imidazole rings is 1. The van der Waals surface area contributed by atoms with Gasteiger partial charge < -0.3 is 23.3 Å². The molecule has 9 nitrogen and oxygen atoms in total. The lowest BCUT2D eigenvalue weighted by Crippen LogP contribution is -2.42. The molecule has 0 aliphatic carbocycles. The Labute approximate surface area is 331 Å². The standard InChI is InChI=1S/C44H45Cl2N7O2/c1-24-18-30(19-25(2)41(24)46)55-17-9-10-31-32-13-14-34(45)40(39-27(4)48-50(7)28(39)5)42(32)53-26(3)21-52(44(54)43(31)53)37-23-49(6)36-15-12-29(20-33(36)37)35-22-51-16-8-11-38(51)47-35/h12-15,18-20,22-23,26H,8-11,16-17,21H2,1-7H3. The molecule has 282 valence electrons. The number of benzene rings is 3. The molecule has 0 spiro atoms. The van der Waals surface area contributed by atoms with Gasteiger partial charge in [-0.25, -0.2) is 4.98 Å². The van der Waals surface area contributed by atoms with Crippen molar-refractivity contribution < 1.29 is 9.53 Å². The van der Waals surface area contributed by atoms with Crippen molar-refractivity contribution in [2.24, 2.45) is 14.1 Å². The normalized spacial score (nSPS) is 15.5. The highest BCUT2D eigenvalue weighted by molar-refractivity contribution is 6.35. The molecule has 1 amide bonds. The number of fused-ring (bicyclic) bond motifs is 5. The van der Waals surface area contributed by atoms with Crippen LogP contribution in [-0.4, -0.2) is 47.5 Å². The first-order valence-corrected chi connectivity index (χ1v) is 19.9. The second kappa shape index (κ2) is 13.3. The van der Waals surface area contributed by atoms with Gasteiger partial charge in [0.15, 0.2) is 0 Å². The summed E-state index contributed by atoms with van der Waals surface area (Å²) in [4.78, 5) is 22.2. The minimum Gasteiger partial charge on any atom is -0.494 e. The van der Waals surface area contributed by atoms with Crippen LogP contribution in [0.25, 0.3) is 44.2 Å². The van der Waals surface area contributed by atoms with Crippen LogP contribution < -0.4 is 9.64 Å². The second-order valence-corrected chi connectivity index (χ2v) is 16.3. The molecule has 0 bridgehead atoms. The van der Waals surface area contributed by atoms with Crippen LogP contribution in [0.2, 0.25) is 10.0 Å². The minimum atomic E-state index is -0.0516. The first-order valence-electron chi connectivity index (χ1n) is 19.1. The highest BCUT2D eigenvalue weighted by Gasteiger charge is 2.37. The molecule has 2 aliphatic rings. The zero-order chi connectivity index (χ0) is 38.4. The van der Waals surface area contributed by atoms with Crippen LogP contribution >= 0.6 is 23.2 Å². The molecule has 4 aromatic heterocycles. The van der Waals surface area contributed by atoms with Gasteiger partial charge in [-0.15, -0.1) is 0 Å². The van der Waals surface area contributed by atoms with Crippen LogP contribution in [0.15, 0.2) is 54.9 Å². The van der Waals surface area contributed by atoms with Crippen molar-refractivity contribution >= 4 is 56.6 Å². The molecule has 7 aromatic rings. The van der Waals surface area contributed by atoms with E-state index < -0.39 is 0 Å². The van der Waals surface area contributed by atoms with E-state index in [0.717, 1.165) is 114 Å². The zero-order valence-electron chi connectivity index (χ0n) is 32.4. The Kier molecular flexibility index (Phi) is 8.66. The van der Waals surface area contributed by atoms with Crippen molar-refractivity contribution in [3.8, 4) is 28.1 Å². The molecular weight excluding hydrogens is 729 g/mol. The maximum Gasteiger partial charge on any atom is 0.275 e. The quantitative estimate of drug-likeness (QED) is 0.144. The summed E-state index contributed by atoms with van der Waals surface area (Å²) in [6, 6.07) is 14.5. The molecule has 0 fully saturated rings. The molecule has 11 heteroatoms. The Morgan fingerprint density at radius 3 is 2.45 bits per heavy atom. The summed E-state index contributed by atoms with van der Waals surface area (Å²) in [5.41, 5.74) is 12.5. The van der Waals surface area contributed by atoms with Gasteiger partial charge in [-0.2, -0.15) is 5.10 Å². The predicted octanol–water partition coefficient (Wildman–Crippen LogP) is 10.1. The van der Waals surface area contributed by atoms with E-state index in [0.29, 0.717) is 36.7 Å². The zero-order valence-corrected chi connectivity index (χ0v) is 33.9. The fourth-order valence-electron chi connectivity index (χ4n) is 9.08. The van der Waals surface area contributed by atoms with Gasteiger partial charge in [0.2, 0.25) is 0 Å². The van der Waals surface area contributed by atoms with Crippen molar-refractivity contribution in [3.63, 3.8) is 0 Å². The molecule has 9 rings (SSSR count). The molecule has 0 saturated heterocycles. The molecule has 0 N–H and O–H groups in total. The van der Waals surface area contributed by atoms with E-state index in [9.17, 15) is 0 Å². The molecule has 1 atom stereocenters. The van der Waals surface area contributed by atoms with E-state index in [-0.39, 0.29) is 11.9 Å². The van der Waals surface area contributed by atoms with Gasteiger partial charge in [0.05, 0.1) is 34.2 Å². The average molecular weight is 775 g/mol. The number of nitrogens with zero attached hydrogens (tertiary/aromatic N) is 7. The van der Waals surface area contributed by atoms with Gasteiger partial charge in [0, 0.05) is 95.7 Å². The van der Waals surface area contributed by atoms with Crippen LogP contribution in [-0.2, 0) is 33.5 Å². The summed E-state index contributed by atoms with van der Waals surface area (Å²) in [6.07, 6.45) is 7.77. The number of carbonyl (C=O) groups is 1.